The zero-order valence-electron chi connectivity index (χ0n) is 10.9. The number of carboxylic acid groups (broad SMARTS) is 1. The number of carbonyl (C=O) groups is 2. The molecule has 20 heavy (non-hydrogen) atoms. The third-order valence-electron chi connectivity index (χ3n) is 3.08. The van der Waals surface area contributed by atoms with Gasteiger partial charge in [-0.2, -0.15) is 11.8 Å². The van der Waals surface area contributed by atoms with E-state index in [2.05, 4.69) is 21.2 Å². The Morgan fingerprint density at radius 3 is 2.90 bits per heavy atom. The molecule has 2 rings (SSSR count). The maximum atomic E-state index is 12.2. The minimum atomic E-state index is -0.959. The number of amides is 2. The summed E-state index contributed by atoms with van der Waals surface area (Å²) in [6.45, 7) is 2.38. The number of benzene rings is 1. The van der Waals surface area contributed by atoms with Gasteiger partial charge in [0.25, 0.3) is 0 Å². The molecule has 1 aromatic rings. The fraction of sp³-hybridized carbons (Fsp3) is 0.385. The van der Waals surface area contributed by atoms with Crippen molar-refractivity contribution in [3.05, 3.63) is 28.2 Å². The molecule has 1 fully saturated rings. The molecule has 1 saturated heterocycles. The summed E-state index contributed by atoms with van der Waals surface area (Å²) >= 11 is 4.95. The van der Waals surface area contributed by atoms with Gasteiger partial charge in [-0.25, -0.2) is 9.59 Å². The first-order chi connectivity index (χ1) is 9.49. The predicted octanol–water partition coefficient (Wildman–Crippen LogP) is 2.79. The fourth-order valence-electron chi connectivity index (χ4n) is 1.97. The Morgan fingerprint density at radius 2 is 2.25 bits per heavy atom. The molecule has 1 heterocycles. The lowest BCUT2D eigenvalue weighted by Gasteiger charge is -2.32. The standard InChI is InChI=1S/C13H15BrN2O3S/c1-8-6-9(2-3-10(8)14)15-13(19)16-4-5-20-7-11(16)12(17)18/h2-3,6,11H,4-5,7H2,1H3,(H,15,19)(H,17,18). The Kier molecular flexibility index (Phi) is 4.93. The first kappa shape index (κ1) is 15.2. The van der Waals surface area contributed by atoms with Crippen molar-refractivity contribution in [3.63, 3.8) is 0 Å². The van der Waals surface area contributed by atoms with Crippen molar-refractivity contribution in [1.29, 1.82) is 0 Å². The van der Waals surface area contributed by atoms with Gasteiger partial charge >= 0.3 is 12.0 Å². The van der Waals surface area contributed by atoms with Crippen LogP contribution >= 0.6 is 27.7 Å². The molecule has 0 aliphatic carbocycles. The average Bonchev–Trinajstić information content (AvgIpc) is 2.43. The highest BCUT2D eigenvalue weighted by Gasteiger charge is 2.32. The van der Waals surface area contributed by atoms with E-state index in [4.69, 9.17) is 5.11 Å². The van der Waals surface area contributed by atoms with Crippen LogP contribution in [0.3, 0.4) is 0 Å². The molecule has 0 saturated carbocycles. The van der Waals surface area contributed by atoms with Crippen LogP contribution < -0.4 is 5.32 Å². The fourth-order valence-corrected chi connectivity index (χ4v) is 3.25. The second kappa shape index (κ2) is 6.49. The minimum Gasteiger partial charge on any atom is -0.480 e. The second-order valence-electron chi connectivity index (χ2n) is 4.52. The maximum Gasteiger partial charge on any atom is 0.327 e. The molecule has 0 radical (unpaired) electrons. The van der Waals surface area contributed by atoms with Crippen LogP contribution in [-0.2, 0) is 4.79 Å². The Morgan fingerprint density at radius 1 is 1.50 bits per heavy atom. The lowest BCUT2D eigenvalue weighted by molar-refractivity contribution is -0.141. The summed E-state index contributed by atoms with van der Waals surface area (Å²) in [7, 11) is 0. The molecule has 7 heteroatoms. The van der Waals surface area contributed by atoms with Crippen LogP contribution in [0.4, 0.5) is 10.5 Å². The highest BCUT2D eigenvalue weighted by Crippen LogP contribution is 2.22. The van der Waals surface area contributed by atoms with E-state index in [-0.39, 0.29) is 6.03 Å². The van der Waals surface area contributed by atoms with Gasteiger partial charge in [0, 0.05) is 28.2 Å². The molecule has 0 spiro atoms. The summed E-state index contributed by atoms with van der Waals surface area (Å²) in [4.78, 5) is 24.8. The van der Waals surface area contributed by atoms with Crippen molar-refractivity contribution in [3.8, 4) is 0 Å². The number of nitrogens with one attached hydrogen (secondary N) is 1. The van der Waals surface area contributed by atoms with Crippen molar-refractivity contribution in [2.24, 2.45) is 0 Å². The van der Waals surface area contributed by atoms with Gasteiger partial charge in [0.05, 0.1) is 0 Å². The van der Waals surface area contributed by atoms with Crippen molar-refractivity contribution >= 4 is 45.4 Å². The molecule has 1 aliphatic rings. The minimum absolute atomic E-state index is 0.362. The van der Waals surface area contributed by atoms with Gasteiger partial charge in [-0.3, -0.25) is 0 Å². The quantitative estimate of drug-likeness (QED) is 0.852. The summed E-state index contributed by atoms with van der Waals surface area (Å²) in [5.41, 5.74) is 1.67. The number of hydrogen-bond acceptors (Lipinski definition) is 3. The number of aliphatic carboxylic acids is 1. The molecular formula is C13H15BrN2O3S. The smallest absolute Gasteiger partial charge is 0.327 e. The molecule has 5 nitrogen and oxygen atoms in total. The summed E-state index contributed by atoms with van der Waals surface area (Å²) in [5.74, 6) is 0.234. The average molecular weight is 359 g/mol. The van der Waals surface area contributed by atoms with E-state index >= 15 is 0 Å². The van der Waals surface area contributed by atoms with Gasteiger partial charge in [0.15, 0.2) is 0 Å². The molecule has 0 bridgehead atoms. The number of nitrogens with zero attached hydrogens (tertiary/aromatic N) is 1. The number of carboxylic acids is 1. The largest absolute Gasteiger partial charge is 0.480 e. The van der Waals surface area contributed by atoms with Gasteiger partial charge in [-0.15, -0.1) is 0 Å². The van der Waals surface area contributed by atoms with Crippen LogP contribution in [0.15, 0.2) is 22.7 Å². The molecule has 0 aromatic heterocycles. The highest BCUT2D eigenvalue weighted by atomic mass is 79.9. The first-order valence-corrected chi connectivity index (χ1v) is 8.08. The van der Waals surface area contributed by atoms with E-state index in [9.17, 15) is 9.59 Å². The van der Waals surface area contributed by atoms with Crippen molar-refractivity contribution < 1.29 is 14.7 Å². The molecule has 2 amide bonds. The number of aryl methyl sites for hydroxylation is 1. The van der Waals surface area contributed by atoms with Gasteiger partial charge in [-0.1, -0.05) is 15.9 Å². The van der Waals surface area contributed by atoms with Gasteiger partial charge in [0.1, 0.15) is 6.04 Å². The Labute approximate surface area is 129 Å². The number of anilines is 1. The van der Waals surface area contributed by atoms with Crippen molar-refractivity contribution in [1.82, 2.24) is 4.90 Å². The zero-order valence-corrected chi connectivity index (χ0v) is 13.3. The molecule has 1 aliphatic heterocycles. The number of carbonyl (C=O) groups excluding carboxylic acids is 1. The van der Waals surface area contributed by atoms with Crippen LogP contribution in [0.2, 0.25) is 0 Å². The van der Waals surface area contributed by atoms with Crippen LogP contribution in [0.25, 0.3) is 0 Å². The van der Waals surface area contributed by atoms with E-state index < -0.39 is 12.0 Å². The zero-order chi connectivity index (χ0) is 14.7. The second-order valence-corrected chi connectivity index (χ2v) is 6.52. The maximum absolute atomic E-state index is 12.2. The number of rotatable bonds is 2. The lowest BCUT2D eigenvalue weighted by atomic mass is 10.2. The Balaban J connectivity index is 2.09. The summed E-state index contributed by atoms with van der Waals surface area (Å²) in [5, 5.41) is 11.9. The number of hydrogen-bond donors (Lipinski definition) is 2. The highest BCUT2D eigenvalue weighted by molar-refractivity contribution is 9.10. The summed E-state index contributed by atoms with van der Waals surface area (Å²) in [6, 6.07) is 4.36. The summed E-state index contributed by atoms with van der Waals surface area (Å²) < 4.78 is 0.966. The predicted molar refractivity (Wildman–Crippen MR) is 83.4 cm³/mol. The van der Waals surface area contributed by atoms with Crippen LogP contribution in [0.1, 0.15) is 5.56 Å². The van der Waals surface area contributed by atoms with E-state index in [0.29, 0.717) is 18.0 Å². The molecular weight excluding hydrogens is 344 g/mol. The van der Waals surface area contributed by atoms with E-state index in [1.54, 1.807) is 17.8 Å². The van der Waals surface area contributed by atoms with Gasteiger partial charge in [0.2, 0.25) is 0 Å². The molecule has 1 aromatic carbocycles. The van der Waals surface area contributed by atoms with Crippen LogP contribution in [0, 0.1) is 6.92 Å². The van der Waals surface area contributed by atoms with Crippen molar-refractivity contribution in [2.75, 3.05) is 23.4 Å². The topological polar surface area (TPSA) is 69.6 Å². The van der Waals surface area contributed by atoms with E-state index in [1.807, 2.05) is 19.1 Å². The number of thioether (sulfide) groups is 1. The molecule has 1 atom stereocenters. The third kappa shape index (κ3) is 3.46. The van der Waals surface area contributed by atoms with Crippen LogP contribution in [-0.4, -0.2) is 46.1 Å². The van der Waals surface area contributed by atoms with Crippen molar-refractivity contribution in [2.45, 2.75) is 13.0 Å². The third-order valence-corrected chi connectivity index (χ3v) is 5.00. The van der Waals surface area contributed by atoms with E-state index in [0.717, 1.165) is 15.8 Å². The Hall–Kier alpha value is -1.21. The molecule has 108 valence electrons. The van der Waals surface area contributed by atoms with Gasteiger partial charge in [-0.05, 0) is 30.7 Å². The number of halogens is 1. The Bertz CT molecular complexity index is 538. The normalized spacial score (nSPS) is 18.7. The molecule has 2 N–H and O–H groups in total. The molecule has 1 unspecified atom stereocenters. The summed E-state index contributed by atoms with van der Waals surface area (Å²) in [6.07, 6.45) is 0. The lowest BCUT2D eigenvalue weighted by Crippen LogP contribution is -2.51. The first-order valence-electron chi connectivity index (χ1n) is 6.13. The number of urea groups is 1. The van der Waals surface area contributed by atoms with Gasteiger partial charge < -0.3 is 15.3 Å². The van der Waals surface area contributed by atoms with Crippen LogP contribution in [0.5, 0.6) is 0 Å². The SMILES string of the molecule is Cc1cc(NC(=O)N2CCSCC2C(=O)O)ccc1Br. The monoisotopic (exact) mass is 358 g/mol. The van der Waals surface area contributed by atoms with E-state index in [1.165, 1.54) is 4.90 Å².